The van der Waals surface area contributed by atoms with Gasteiger partial charge in [-0.2, -0.15) is 0 Å². The summed E-state index contributed by atoms with van der Waals surface area (Å²) in [5.74, 6) is 0. The molecule has 0 aliphatic heterocycles. The molecule has 0 bridgehead atoms. The van der Waals surface area contributed by atoms with Crippen molar-refractivity contribution in [3.8, 4) is 0 Å². The van der Waals surface area contributed by atoms with Crippen LogP contribution in [-0.4, -0.2) is 4.98 Å². The molecule has 0 spiro atoms. The van der Waals surface area contributed by atoms with Gasteiger partial charge < -0.3 is 4.98 Å². The molecule has 1 heterocycles. The van der Waals surface area contributed by atoms with Crippen LogP contribution in [0.25, 0.3) is 6.08 Å². The zero-order chi connectivity index (χ0) is 8.43. The highest BCUT2D eigenvalue weighted by molar-refractivity contribution is 5.50. The first-order chi connectivity index (χ1) is 5.15. The zero-order valence-electron chi connectivity index (χ0n) is 6.77. The molecule has 2 nitrogen and oxygen atoms in total. The highest BCUT2D eigenvalue weighted by Gasteiger charge is 1.98. The highest BCUT2D eigenvalue weighted by Crippen LogP contribution is 2.03. The second kappa shape index (κ2) is 2.74. The topological polar surface area (TPSA) is 32.9 Å². The van der Waals surface area contributed by atoms with E-state index in [1.807, 2.05) is 19.9 Å². The van der Waals surface area contributed by atoms with Gasteiger partial charge in [0.2, 0.25) is 0 Å². The number of rotatable bonds is 1. The summed E-state index contributed by atoms with van der Waals surface area (Å²) in [5, 5.41) is 0. The number of pyridine rings is 1. The predicted molar refractivity (Wildman–Crippen MR) is 46.6 cm³/mol. The van der Waals surface area contributed by atoms with Gasteiger partial charge in [-0.25, -0.2) is 0 Å². The molecule has 0 atom stereocenters. The van der Waals surface area contributed by atoms with Gasteiger partial charge in [-0.1, -0.05) is 12.7 Å². The molecule has 11 heavy (non-hydrogen) atoms. The van der Waals surface area contributed by atoms with Crippen LogP contribution < -0.4 is 5.56 Å². The molecule has 1 N–H and O–H groups in total. The number of H-pyrrole nitrogens is 1. The van der Waals surface area contributed by atoms with Gasteiger partial charge in [0.15, 0.2) is 0 Å². The fraction of sp³-hybridized carbons (Fsp3) is 0.222. The Morgan fingerprint density at radius 2 is 2.18 bits per heavy atom. The second-order valence-corrected chi connectivity index (χ2v) is 2.58. The minimum Gasteiger partial charge on any atom is -0.326 e. The number of hydrogen-bond donors (Lipinski definition) is 1. The minimum absolute atomic E-state index is 0.0579. The molecule has 2 heteroatoms. The van der Waals surface area contributed by atoms with Crippen LogP contribution in [0.2, 0.25) is 0 Å². The average molecular weight is 149 g/mol. The van der Waals surface area contributed by atoms with Crippen molar-refractivity contribution in [1.29, 1.82) is 0 Å². The maximum atomic E-state index is 11.2. The monoisotopic (exact) mass is 149 g/mol. The highest BCUT2D eigenvalue weighted by atomic mass is 16.1. The Labute approximate surface area is 65.6 Å². The van der Waals surface area contributed by atoms with Crippen molar-refractivity contribution in [1.82, 2.24) is 4.98 Å². The van der Waals surface area contributed by atoms with Gasteiger partial charge in [-0.05, 0) is 25.5 Å². The van der Waals surface area contributed by atoms with E-state index in [4.69, 9.17) is 0 Å². The molecule has 1 rings (SSSR count). The zero-order valence-corrected chi connectivity index (χ0v) is 6.77. The third-order valence-corrected chi connectivity index (χ3v) is 1.62. The van der Waals surface area contributed by atoms with Crippen LogP contribution >= 0.6 is 0 Å². The summed E-state index contributed by atoms with van der Waals surface area (Å²) in [7, 11) is 0. The second-order valence-electron chi connectivity index (χ2n) is 2.58. The molecule has 0 aliphatic rings. The van der Waals surface area contributed by atoms with Crippen LogP contribution in [-0.2, 0) is 0 Å². The Bertz CT molecular complexity index is 336. The van der Waals surface area contributed by atoms with Gasteiger partial charge in [-0.3, -0.25) is 4.79 Å². The first-order valence-electron chi connectivity index (χ1n) is 3.48. The Hall–Kier alpha value is -1.31. The van der Waals surface area contributed by atoms with Crippen LogP contribution in [0.1, 0.15) is 16.8 Å². The average Bonchev–Trinajstić information content (AvgIpc) is 1.85. The lowest BCUT2D eigenvalue weighted by molar-refractivity contribution is 1.11. The van der Waals surface area contributed by atoms with Crippen molar-refractivity contribution in [2.75, 3.05) is 0 Å². The van der Waals surface area contributed by atoms with Crippen LogP contribution in [0, 0.1) is 13.8 Å². The minimum atomic E-state index is -0.0579. The Morgan fingerprint density at radius 3 is 2.64 bits per heavy atom. The molecule has 0 saturated carbocycles. The van der Waals surface area contributed by atoms with Crippen LogP contribution in [0.3, 0.4) is 0 Å². The van der Waals surface area contributed by atoms with Crippen molar-refractivity contribution >= 4 is 6.08 Å². The maximum absolute atomic E-state index is 11.2. The normalized spacial score (nSPS) is 9.64. The lowest BCUT2D eigenvalue weighted by Crippen LogP contribution is -2.11. The molecule has 0 unspecified atom stereocenters. The van der Waals surface area contributed by atoms with Gasteiger partial charge >= 0.3 is 0 Å². The van der Waals surface area contributed by atoms with Crippen molar-refractivity contribution in [2.45, 2.75) is 13.8 Å². The van der Waals surface area contributed by atoms with E-state index in [0.717, 1.165) is 11.3 Å². The molecule has 0 aromatic carbocycles. The molecule has 1 aromatic heterocycles. The lowest BCUT2D eigenvalue weighted by atomic mass is 10.1. The van der Waals surface area contributed by atoms with Gasteiger partial charge in [0.1, 0.15) is 0 Å². The number of aromatic nitrogens is 1. The molecule has 0 fully saturated rings. The fourth-order valence-corrected chi connectivity index (χ4v) is 1.12. The van der Waals surface area contributed by atoms with Crippen LogP contribution in [0.5, 0.6) is 0 Å². The van der Waals surface area contributed by atoms with Crippen molar-refractivity contribution in [2.24, 2.45) is 0 Å². The van der Waals surface area contributed by atoms with Gasteiger partial charge in [0.25, 0.3) is 5.56 Å². The fourth-order valence-electron chi connectivity index (χ4n) is 1.12. The Balaban J connectivity index is 3.49. The molecule has 58 valence electrons. The molecule has 1 aromatic rings. The summed E-state index contributed by atoms with van der Waals surface area (Å²) in [5.41, 5.74) is 2.47. The molecule has 0 saturated heterocycles. The molecule has 0 radical (unpaired) electrons. The van der Waals surface area contributed by atoms with Crippen molar-refractivity contribution < 1.29 is 0 Å². The molecule has 0 amide bonds. The summed E-state index contributed by atoms with van der Waals surface area (Å²) in [6.45, 7) is 7.33. The van der Waals surface area contributed by atoms with E-state index in [9.17, 15) is 4.79 Å². The molecule has 0 aliphatic carbocycles. The summed E-state index contributed by atoms with van der Waals surface area (Å²) < 4.78 is 0. The maximum Gasteiger partial charge on any atom is 0.255 e. The predicted octanol–water partition coefficient (Wildman–Crippen LogP) is 1.63. The SMILES string of the molecule is C=Cc1c(C)cc(C)[nH]c1=O. The van der Waals surface area contributed by atoms with Crippen molar-refractivity contribution in [3.05, 3.63) is 39.8 Å². The van der Waals surface area contributed by atoms with E-state index in [2.05, 4.69) is 11.6 Å². The van der Waals surface area contributed by atoms with Crippen LogP contribution in [0.15, 0.2) is 17.4 Å². The quantitative estimate of drug-likeness (QED) is 0.646. The number of aryl methyl sites for hydroxylation is 2. The standard InChI is InChI=1S/C9H11NO/c1-4-8-6(2)5-7(3)10-9(8)11/h4-5H,1H2,2-3H3,(H,10,11). The van der Waals surface area contributed by atoms with E-state index < -0.39 is 0 Å². The third kappa shape index (κ3) is 1.40. The largest absolute Gasteiger partial charge is 0.326 e. The summed E-state index contributed by atoms with van der Waals surface area (Å²) in [4.78, 5) is 13.9. The number of aromatic amines is 1. The molecular weight excluding hydrogens is 138 g/mol. The van der Waals surface area contributed by atoms with Gasteiger partial charge in [-0.15, -0.1) is 0 Å². The van der Waals surface area contributed by atoms with E-state index in [0.29, 0.717) is 5.56 Å². The van der Waals surface area contributed by atoms with E-state index >= 15 is 0 Å². The Kier molecular flexibility index (Phi) is 1.94. The lowest BCUT2D eigenvalue weighted by Gasteiger charge is -1.99. The van der Waals surface area contributed by atoms with E-state index in [1.165, 1.54) is 0 Å². The molecular formula is C9H11NO. The van der Waals surface area contributed by atoms with Crippen molar-refractivity contribution in [3.63, 3.8) is 0 Å². The van der Waals surface area contributed by atoms with Gasteiger partial charge in [0.05, 0.1) is 0 Å². The van der Waals surface area contributed by atoms with Gasteiger partial charge in [0, 0.05) is 11.3 Å². The summed E-state index contributed by atoms with van der Waals surface area (Å²) in [6.07, 6.45) is 1.58. The third-order valence-electron chi connectivity index (χ3n) is 1.62. The van der Waals surface area contributed by atoms with E-state index in [1.54, 1.807) is 6.08 Å². The Morgan fingerprint density at radius 1 is 1.55 bits per heavy atom. The first kappa shape index (κ1) is 7.79. The number of hydrogen-bond acceptors (Lipinski definition) is 1. The summed E-state index contributed by atoms with van der Waals surface area (Å²) in [6, 6.07) is 1.93. The smallest absolute Gasteiger partial charge is 0.255 e. The summed E-state index contributed by atoms with van der Waals surface area (Å²) >= 11 is 0. The van der Waals surface area contributed by atoms with Crippen LogP contribution in [0.4, 0.5) is 0 Å². The van der Waals surface area contributed by atoms with E-state index in [-0.39, 0.29) is 5.56 Å². The number of nitrogens with one attached hydrogen (secondary N) is 1. The first-order valence-corrected chi connectivity index (χ1v) is 3.48.